The number of hydrazine groups is 1. The van der Waals surface area contributed by atoms with Crippen molar-refractivity contribution in [1.29, 1.82) is 0 Å². The van der Waals surface area contributed by atoms with Gasteiger partial charge in [0.1, 0.15) is 11.4 Å². The molecule has 0 saturated carbocycles. The van der Waals surface area contributed by atoms with Crippen LogP contribution in [0.5, 0.6) is 0 Å². The van der Waals surface area contributed by atoms with Crippen LogP contribution in [0.2, 0.25) is 0 Å². The number of carbonyl (C=O) groups is 2. The maximum absolute atomic E-state index is 13.7. The molecule has 1 saturated heterocycles. The second kappa shape index (κ2) is 5.73. The molecule has 0 aliphatic carbocycles. The van der Waals surface area contributed by atoms with Gasteiger partial charge in [-0.05, 0) is 36.4 Å². The maximum Gasteiger partial charge on any atom is 0.282 e. The largest absolute Gasteiger partial charge is 0.282 e. The highest BCUT2D eigenvalue weighted by molar-refractivity contribution is 9.10. The molecule has 2 amide bonds. The molecule has 4 nitrogen and oxygen atoms in total. The summed E-state index contributed by atoms with van der Waals surface area (Å²) in [7, 11) is 0. The van der Waals surface area contributed by atoms with Gasteiger partial charge in [-0.1, -0.05) is 34.1 Å². The summed E-state index contributed by atoms with van der Waals surface area (Å²) < 4.78 is 14.5. The minimum atomic E-state index is -0.559. The lowest BCUT2D eigenvalue weighted by Gasteiger charge is -2.14. The minimum absolute atomic E-state index is 0.104. The lowest BCUT2D eigenvalue weighted by molar-refractivity contribution is -0.117. The molecular weight excluding hydrogens is 351 g/mol. The second-order valence-corrected chi connectivity index (χ2v) is 5.55. The van der Waals surface area contributed by atoms with Crippen molar-refractivity contribution in [2.75, 3.05) is 5.01 Å². The minimum Gasteiger partial charge on any atom is -0.267 e. The average Bonchev–Trinajstić information content (AvgIpc) is 2.78. The zero-order chi connectivity index (χ0) is 15.7. The number of halogens is 2. The Kier molecular flexibility index (Phi) is 3.77. The monoisotopic (exact) mass is 360 g/mol. The van der Waals surface area contributed by atoms with Gasteiger partial charge in [0.05, 0.1) is 5.69 Å². The van der Waals surface area contributed by atoms with Crippen LogP contribution in [-0.4, -0.2) is 11.8 Å². The van der Waals surface area contributed by atoms with Gasteiger partial charge < -0.3 is 0 Å². The first-order chi connectivity index (χ1) is 10.6. The molecule has 2 aromatic rings. The lowest BCUT2D eigenvalue weighted by Crippen LogP contribution is -2.35. The number of amides is 2. The van der Waals surface area contributed by atoms with Gasteiger partial charge in [0.2, 0.25) is 0 Å². The zero-order valence-corrected chi connectivity index (χ0v) is 12.8. The highest BCUT2D eigenvalue weighted by Gasteiger charge is 2.34. The van der Waals surface area contributed by atoms with Gasteiger partial charge in [0.15, 0.2) is 0 Å². The van der Waals surface area contributed by atoms with E-state index < -0.39 is 17.6 Å². The summed E-state index contributed by atoms with van der Waals surface area (Å²) in [6.07, 6.45) is 1.26. The number of anilines is 1. The van der Waals surface area contributed by atoms with Crippen molar-refractivity contribution in [3.8, 4) is 0 Å². The van der Waals surface area contributed by atoms with E-state index in [9.17, 15) is 14.0 Å². The second-order valence-electron chi connectivity index (χ2n) is 4.64. The van der Waals surface area contributed by atoms with Gasteiger partial charge in [0, 0.05) is 10.0 Å². The number of rotatable bonds is 2. The molecule has 2 aromatic carbocycles. The van der Waals surface area contributed by atoms with E-state index in [4.69, 9.17) is 0 Å². The Labute approximate surface area is 134 Å². The highest BCUT2D eigenvalue weighted by Crippen LogP contribution is 2.23. The Bertz CT molecular complexity index is 787. The van der Waals surface area contributed by atoms with Crippen LogP contribution in [0.3, 0.4) is 0 Å². The molecule has 0 bridgehead atoms. The van der Waals surface area contributed by atoms with Crippen LogP contribution in [-0.2, 0) is 9.59 Å². The fourth-order valence-corrected chi connectivity index (χ4v) is 2.34. The predicted molar refractivity (Wildman–Crippen MR) is 84.1 cm³/mol. The Morgan fingerprint density at radius 2 is 1.73 bits per heavy atom. The van der Waals surface area contributed by atoms with E-state index in [1.54, 1.807) is 36.4 Å². The molecule has 0 radical (unpaired) electrons. The lowest BCUT2D eigenvalue weighted by atomic mass is 10.1. The van der Waals surface area contributed by atoms with Crippen molar-refractivity contribution in [1.82, 2.24) is 5.43 Å². The van der Waals surface area contributed by atoms with E-state index in [2.05, 4.69) is 21.4 Å². The Morgan fingerprint density at radius 3 is 2.41 bits per heavy atom. The van der Waals surface area contributed by atoms with Crippen LogP contribution in [0.4, 0.5) is 10.1 Å². The number of nitrogens with zero attached hydrogens (tertiary/aromatic N) is 1. The van der Waals surface area contributed by atoms with Gasteiger partial charge in [-0.3, -0.25) is 15.0 Å². The molecule has 1 aliphatic rings. The van der Waals surface area contributed by atoms with Crippen molar-refractivity contribution in [2.24, 2.45) is 0 Å². The van der Waals surface area contributed by atoms with E-state index in [0.29, 0.717) is 5.69 Å². The molecule has 110 valence electrons. The highest BCUT2D eigenvalue weighted by atomic mass is 79.9. The number of benzene rings is 2. The van der Waals surface area contributed by atoms with Crippen molar-refractivity contribution >= 4 is 39.5 Å². The predicted octanol–water partition coefficient (Wildman–Crippen LogP) is 3.05. The topological polar surface area (TPSA) is 49.4 Å². The SMILES string of the molecule is O=C1NN(c2ccc(Br)cc2)C(=O)/C1=C\c1ccccc1F. The first-order valence-electron chi connectivity index (χ1n) is 6.43. The summed E-state index contributed by atoms with van der Waals surface area (Å²) in [5.74, 6) is -1.57. The van der Waals surface area contributed by atoms with E-state index in [1.807, 2.05) is 0 Å². The zero-order valence-electron chi connectivity index (χ0n) is 11.2. The number of nitrogens with one attached hydrogen (secondary N) is 1. The van der Waals surface area contributed by atoms with Gasteiger partial charge in [-0.15, -0.1) is 0 Å². The normalized spacial score (nSPS) is 16.3. The van der Waals surface area contributed by atoms with E-state index in [0.717, 1.165) is 9.48 Å². The molecule has 1 heterocycles. The quantitative estimate of drug-likeness (QED) is 0.660. The third-order valence-electron chi connectivity index (χ3n) is 3.18. The van der Waals surface area contributed by atoms with Crippen LogP contribution in [0.1, 0.15) is 5.56 Å². The van der Waals surface area contributed by atoms with Crippen molar-refractivity contribution in [2.45, 2.75) is 0 Å². The first-order valence-corrected chi connectivity index (χ1v) is 7.23. The molecule has 1 N–H and O–H groups in total. The van der Waals surface area contributed by atoms with E-state index in [1.165, 1.54) is 18.2 Å². The fraction of sp³-hybridized carbons (Fsp3) is 0. The summed E-state index contributed by atoms with van der Waals surface area (Å²) in [6.45, 7) is 0. The smallest absolute Gasteiger partial charge is 0.267 e. The number of hydrogen-bond donors (Lipinski definition) is 1. The number of hydrogen-bond acceptors (Lipinski definition) is 2. The van der Waals surface area contributed by atoms with Crippen molar-refractivity contribution in [3.63, 3.8) is 0 Å². The molecule has 1 fully saturated rings. The molecular formula is C16H10BrFN2O2. The Morgan fingerprint density at radius 1 is 1.05 bits per heavy atom. The molecule has 0 spiro atoms. The third kappa shape index (κ3) is 2.65. The van der Waals surface area contributed by atoms with Crippen LogP contribution >= 0.6 is 15.9 Å². The molecule has 3 rings (SSSR count). The van der Waals surface area contributed by atoms with Gasteiger partial charge in [0.25, 0.3) is 11.8 Å². The van der Waals surface area contributed by atoms with Crippen LogP contribution in [0, 0.1) is 5.82 Å². The standard InChI is InChI=1S/C16H10BrFN2O2/c17-11-5-7-12(8-6-11)20-16(22)13(15(21)19-20)9-10-3-1-2-4-14(10)18/h1-9H,(H,19,21)/b13-9-. The Balaban J connectivity index is 1.95. The summed E-state index contributed by atoms with van der Waals surface area (Å²) in [4.78, 5) is 24.3. The van der Waals surface area contributed by atoms with Crippen molar-refractivity contribution < 1.29 is 14.0 Å². The van der Waals surface area contributed by atoms with E-state index in [-0.39, 0.29) is 11.1 Å². The maximum atomic E-state index is 13.7. The molecule has 6 heteroatoms. The average molecular weight is 361 g/mol. The van der Waals surface area contributed by atoms with Gasteiger partial charge in [-0.2, -0.15) is 0 Å². The molecule has 0 aromatic heterocycles. The van der Waals surface area contributed by atoms with Crippen LogP contribution in [0.25, 0.3) is 6.08 Å². The van der Waals surface area contributed by atoms with Gasteiger partial charge in [-0.25, -0.2) is 9.40 Å². The summed E-state index contributed by atoms with van der Waals surface area (Å²) in [6, 6.07) is 12.9. The third-order valence-corrected chi connectivity index (χ3v) is 3.71. The van der Waals surface area contributed by atoms with Crippen molar-refractivity contribution in [3.05, 3.63) is 70.0 Å². The van der Waals surface area contributed by atoms with Gasteiger partial charge >= 0.3 is 0 Å². The fourth-order valence-electron chi connectivity index (χ4n) is 2.08. The molecule has 1 aliphatic heterocycles. The summed E-state index contributed by atoms with van der Waals surface area (Å²) in [5.41, 5.74) is 3.08. The number of carbonyl (C=O) groups excluding carboxylic acids is 2. The Hall–Kier alpha value is -2.47. The van der Waals surface area contributed by atoms with E-state index >= 15 is 0 Å². The molecule has 22 heavy (non-hydrogen) atoms. The summed E-state index contributed by atoms with van der Waals surface area (Å²) >= 11 is 3.30. The van der Waals surface area contributed by atoms with Crippen LogP contribution < -0.4 is 10.4 Å². The first kappa shape index (κ1) is 14.5. The molecule has 0 unspecified atom stereocenters. The van der Waals surface area contributed by atoms with Crippen LogP contribution in [0.15, 0.2) is 58.6 Å². The molecule has 0 atom stereocenters. The summed E-state index contributed by atoms with van der Waals surface area (Å²) in [5, 5.41) is 1.14.